The van der Waals surface area contributed by atoms with Crippen molar-refractivity contribution in [3.05, 3.63) is 110 Å². The molecule has 0 atom stereocenters. The van der Waals surface area contributed by atoms with E-state index in [9.17, 15) is 19.2 Å². The molecule has 2 aromatic heterocycles. The van der Waals surface area contributed by atoms with E-state index >= 15 is 0 Å². The van der Waals surface area contributed by atoms with Crippen LogP contribution in [0.5, 0.6) is 0 Å². The minimum absolute atomic E-state index is 0.0630. The fourth-order valence-corrected chi connectivity index (χ4v) is 3.88. The average Bonchev–Trinajstić information content (AvgIpc) is 2.89. The minimum Gasteiger partial charge on any atom is -0.455 e. The number of hydrogen-bond acceptors (Lipinski definition) is 6. The maximum atomic E-state index is 13.0. The number of fused-ring (bicyclic) bond motifs is 2. The lowest BCUT2D eigenvalue weighted by atomic mass is 10.0. The quantitative estimate of drug-likeness (QED) is 0.350. The Labute approximate surface area is 197 Å². The van der Waals surface area contributed by atoms with E-state index in [-0.39, 0.29) is 27.7 Å². The summed E-state index contributed by atoms with van der Waals surface area (Å²) in [5, 5.41) is 6.96. The predicted molar refractivity (Wildman–Crippen MR) is 130 cm³/mol. The van der Waals surface area contributed by atoms with Gasteiger partial charge in [0.05, 0.1) is 16.3 Å². The van der Waals surface area contributed by atoms with Crippen LogP contribution in [-0.4, -0.2) is 22.0 Å². The number of para-hydroxylation sites is 1. The van der Waals surface area contributed by atoms with Crippen LogP contribution in [-0.2, 0) is 0 Å². The summed E-state index contributed by atoms with van der Waals surface area (Å²) >= 11 is 0. The largest absolute Gasteiger partial charge is 0.455 e. The van der Waals surface area contributed by atoms with Crippen molar-refractivity contribution >= 4 is 33.6 Å². The fourth-order valence-electron chi connectivity index (χ4n) is 3.88. The first-order valence-electron chi connectivity index (χ1n) is 10.7. The van der Waals surface area contributed by atoms with E-state index < -0.39 is 17.4 Å². The Balaban J connectivity index is 1.49. The lowest BCUT2D eigenvalue weighted by Crippen LogP contribution is -2.42. The van der Waals surface area contributed by atoms with Crippen LogP contribution in [0.3, 0.4) is 0 Å². The second-order valence-corrected chi connectivity index (χ2v) is 7.79. The molecule has 0 saturated carbocycles. The van der Waals surface area contributed by atoms with E-state index in [1.54, 1.807) is 43.3 Å². The van der Waals surface area contributed by atoms with Gasteiger partial charge in [0.1, 0.15) is 5.76 Å². The predicted octanol–water partition coefficient (Wildman–Crippen LogP) is 3.08. The van der Waals surface area contributed by atoms with Gasteiger partial charge < -0.3 is 4.42 Å². The number of amides is 2. The molecule has 0 fully saturated rings. The number of aromatic amines is 1. The van der Waals surface area contributed by atoms with Crippen molar-refractivity contribution in [1.82, 2.24) is 21.0 Å². The first-order valence-corrected chi connectivity index (χ1v) is 10.7. The van der Waals surface area contributed by atoms with Crippen molar-refractivity contribution in [3.63, 3.8) is 0 Å². The highest BCUT2D eigenvalue weighted by molar-refractivity contribution is 6.08. The molecule has 0 bridgehead atoms. The molecule has 172 valence electrons. The first-order chi connectivity index (χ1) is 17.0. The normalized spacial score (nSPS) is 10.9. The van der Waals surface area contributed by atoms with Crippen LogP contribution in [0.25, 0.3) is 33.1 Å². The number of benzene rings is 3. The molecule has 0 aliphatic rings. The van der Waals surface area contributed by atoms with Crippen LogP contribution in [0.1, 0.15) is 26.4 Å². The molecular formula is C26H18N4O5. The number of nitrogens with zero attached hydrogens (tertiary/aromatic N) is 1. The molecule has 35 heavy (non-hydrogen) atoms. The number of nitrogens with one attached hydrogen (secondary N) is 3. The average molecular weight is 466 g/mol. The molecular weight excluding hydrogens is 448 g/mol. The van der Waals surface area contributed by atoms with Gasteiger partial charge in [-0.05, 0) is 25.1 Å². The van der Waals surface area contributed by atoms with Crippen LogP contribution in [0.2, 0.25) is 0 Å². The zero-order valence-corrected chi connectivity index (χ0v) is 18.4. The zero-order valence-electron chi connectivity index (χ0n) is 18.4. The van der Waals surface area contributed by atoms with Crippen molar-refractivity contribution in [1.29, 1.82) is 0 Å². The minimum atomic E-state index is -0.728. The lowest BCUT2D eigenvalue weighted by Gasteiger charge is -2.11. The summed E-state index contributed by atoms with van der Waals surface area (Å²) in [5.74, 6) is -1.06. The van der Waals surface area contributed by atoms with Crippen molar-refractivity contribution < 1.29 is 14.0 Å². The van der Waals surface area contributed by atoms with Gasteiger partial charge in [0.25, 0.3) is 17.4 Å². The number of rotatable bonds is 3. The van der Waals surface area contributed by atoms with Crippen LogP contribution in [0.15, 0.2) is 86.8 Å². The third-order valence-corrected chi connectivity index (χ3v) is 5.63. The molecule has 9 nitrogen and oxygen atoms in total. The molecule has 0 saturated heterocycles. The molecule has 0 radical (unpaired) electrons. The molecule has 3 aromatic carbocycles. The maximum Gasteiger partial charge on any atom is 0.290 e. The molecule has 2 heterocycles. The smallest absolute Gasteiger partial charge is 0.290 e. The van der Waals surface area contributed by atoms with Crippen LogP contribution in [0, 0.1) is 6.92 Å². The summed E-state index contributed by atoms with van der Waals surface area (Å²) in [7, 11) is 0. The van der Waals surface area contributed by atoms with Crippen LogP contribution in [0.4, 0.5) is 0 Å². The summed E-state index contributed by atoms with van der Waals surface area (Å²) in [5.41, 5.74) is 5.16. The second-order valence-electron chi connectivity index (χ2n) is 7.79. The molecule has 0 aliphatic carbocycles. The highest BCUT2D eigenvalue weighted by atomic mass is 16.3. The highest BCUT2D eigenvalue weighted by Crippen LogP contribution is 2.27. The summed E-state index contributed by atoms with van der Waals surface area (Å²) in [6, 6.07) is 20.2. The zero-order chi connectivity index (χ0) is 24.5. The van der Waals surface area contributed by atoms with Gasteiger partial charge >= 0.3 is 0 Å². The van der Waals surface area contributed by atoms with E-state index in [2.05, 4.69) is 21.0 Å². The Morgan fingerprint density at radius 3 is 2.23 bits per heavy atom. The lowest BCUT2D eigenvalue weighted by molar-refractivity contribution is 0.0844. The van der Waals surface area contributed by atoms with Gasteiger partial charge in [0, 0.05) is 16.5 Å². The Bertz CT molecular complexity index is 1740. The number of carbonyl (C=O) groups is 2. The standard InChI is InChI=1S/C26H18N4O5/c1-14-21(31)18-12-7-13-19(23(18)35-22(14)15-8-3-2-4-9-15)25(33)29-30-26(34)20-16-10-5-6-11-17(16)24(32)28-27-20/h2-13H,1H3,(H,28,32)(H,29,33)(H,30,34). The van der Waals surface area contributed by atoms with E-state index in [1.807, 2.05) is 30.3 Å². The van der Waals surface area contributed by atoms with Crippen molar-refractivity contribution in [2.24, 2.45) is 0 Å². The SMILES string of the molecule is Cc1c(-c2ccccc2)oc2c(C(=O)NNC(=O)c3n[nH]c(=O)c4ccccc34)cccc2c1=O. The van der Waals surface area contributed by atoms with Crippen molar-refractivity contribution in [3.8, 4) is 11.3 Å². The van der Waals surface area contributed by atoms with Gasteiger partial charge in [-0.3, -0.25) is 30.0 Å². The van der Waals surface area contributed by atoms with Crippen LogP contribution < -0.4 is 21.8 Å². The highest BCUT2D eigenvalue weighted by Gasteiger charge is 2.20. The van der Waals surface area contributed by atoms with Gasteiger partial charge in [-0.2, -0.15) is 5.10 Å². The molecule has 0 unspecified atom stereocenters. The molecule has 5 aromatic rings. The fraction of sp³-hybridized carbons (Fsp3) is 0.0385. The molecule has 2 amide bonds. The van der Waals surface area contributed by atoms with Gasteiger partial charge in [-0.15, -0.1) is 0 Å². The molecule has 9 heteroatoms. The third-order valence-electron chi connectivity index (χ3n) is 5.63. The van der Waals surface area contributed by atoms with Gasteiger partial charge in [0.2, 0.25) is 0 Å². The number of aromatic nitrogens is 2. The molecule has 3 N–H and O–H groups in total. The third kappa shape index (κ3) is 3.84. The van der Waals surface area contributed by atoms with E-state index in [0.29, 0.717) is 27.7 Å². The van der Waals surface area contributed by atoms with E-state index in [4.69, 9.17) is 4.42 Å². The second kappa shape index (κ2) is 8.71. The summed E-state index contributed by atoms with van der Waals surface area (Å²) in [6.45, 7) is 1.67. The van der Waals surface area contributed by atoms with Crippen LogP contribution >= 0.6 is 0 Å². The summed E-state index contributed by atoms with van der Waals surface area (Å²) < 4.78 is 6.05. The number of carbonyl (C=O) groups excluding carboxylic acids is 2. The Morgan fingerprint density at radius 1 is 0.800 bits per heavy atom. The number of H-pyrrole nitrogens is 1. The number of hydrazine groups is 1. The van der Waals surface area contributed by atoms with Crippen molar-refractivity contribution in [2.45, 2.75) is 6.92 Å². The first kappa shape index (κ1) is 21.8. The topological polar surface area (TPSA) is 134 Å². The van der Waals surface area contributed by atoms with Gasteiger partial charge in [0.15, 0.2) is 16.7 Å². The molecule has 5 rings (SSSR count). The van der Waals surface area contributed by atoms with Gasteiger partial charge in [-0.1, -0.05) is 54.6 Å². The maximum absolute atomic E-state index is 13.0. The summed E-state index contributed by atoms with van der Waals surface area (Å²) in [6.07, 6.45) is 0. The van der Waals surface area contributed by atoms with E-state index in [0.717, 1.165) is 0 Å². The summed E-state index contributed by atoms with van der Waals surface area (Å²) in [4.78, 5) is 50.7. The Hall–Kier alpha value is -5.05. The number of hydrogen-bond donors (Lipinski definition) is 3. The van der Waals surface area contributed by atoms with Crippen molar-refractivity contribution in [2.75, 3.05) is 0 Å². The molecule has 0 aliphatic heterocycles. The Morgan fingerprint density at radius 2 is 1.46 bits per heavy atom. The Kier molecular flexibility index (Phi) is 5.42. The monoisotopic (exact) mass is 466 g/mol. The molecule has 0 spiro atoms. The van der Waals surface area contributed by atoms with E-state index in [1.165, 1.54) is 6.07 Å². The van der Waals surface area contributed by atoms with Gasteiger partial charge in [-0.25, -0.2) is 5.10 Å².